The maximum absolute atomic E-state index is 11.7. The van der Waals surface area contributed by atoms with Gasteiger partial charge in [0, 0.05) is 25.7 Å². The van der Waals surface area contributed by atoms with Gasteiger partial charge in [-0.2, -0.15) is 0 Å². The Kier molecular flexibility index (Phi) is 21.6. The summed E-state index contributed by atoms with van der Waals surface area (Å²) in [5.74, 6) is 5.85. The lowest BCUT2D eigenvalue weighted by Gasteiger charge is -2.06. The molecule has 4 heteroatoms. The van der Waals surface area contributed by atoms with Crippen LogP contribution in [0.25, 0.3) is 0 Å². The zero-order chi connectivity index (χ0) is 21.4. The van der Waals surface area contributed by atoms with Crippen molar-refractivity contribution in [1.29, 1.82) is 0 Å². The fraction of sp³-hybridized carbons (Fsp3) is 0.840. The number of esters is 2. The fourth-order valence-electron chi connectivity index (χ4n) is 3.01. The van der Waals surface area contributed by atoms with Crippen LogP contribution in [0, 0.1) is 11.8 Å². The topological polar surface area (TPSA) is 52.6 Å². The molecule has 0 fully saturated rings. The average molecular weight is 409 g/mol. The van der Waals surface area contributed by atoms with Crippen molar-refractivity contribution in [2.75, 3.05) is 13.2 Å². The van der Waals surface area contributed by atoms with Gasteiger partial charge in [0.15, 0.2) is 0 Å². The molecule has 0 amide bonds. The van der Waals surface area contributed by atoms with Crippen molar-refractivity contribution in [1.82, 2.24) is 0 Å². The van der Waals surface area contributed by atoms with Crippen molar-refractivity contribution in [3.8, 4) is 11.8 Å². The highest BCUT2D eigenvalue weighted by molar-refractivity contribution is 5.72. The Morgan fingerprint density at radius 1 is 0.586 bits per heavy atom. The molecule has 168 valence electrons. The van der Waals surface area contributed by atoms with E-state index in [0.29, 0.717) is 32.5 Å². The number of hydrogen-bond acceptors (Lipinski definition) is 4. The molecule has 0 saturated carbocycles. The average Bonchev–Trinajstić information content (AvgIpc) is 2.71. The third-order valence-corrected chi connectivity index (χ3v) is 4.78. The summed E-state index contributed by atoms with van der Waals surface area (Å²) in [4.78, 5) is 23.3. The van der Waals surface area contributed by atoms with Gasteiger partial charge in [0.05, 0.1) is 13.2 Å². The van der Waals surface area contributed by atoms with Crippen LogP contribution in [0.15, 0.2) is 0 Å². The maximum Gasteiger partial charge on any atom is 0.305 e. The second kappa shape index (κ2) is 22.8. The smallest absolute Gasteiger partial charge is 0.305 e. The highest BCUT2D eigenvalue weighted by atomic mass is 16.5. The zero-order valence-corrected chi connectivity index (χ0v) is 19.1. The molecule has 0 aliphatic rings. The first-order valence-electron chi connectivity index (χ1n) is 12.0. The monoisotopic (exact) mass is 408 g/mol. The lowest BCUT2D eigenvalue weighted by atomic mass is 10.1. The first-order chi connectivity index (χ1) is 14.2. The molecule has 4 nitrogen and oxygen atoms in total. The number of carbonyl (C=O) groups excluding carboxylic acids is 2. The molecule has 0 atom stereocenters. The van der Waals surface area contributed by atoms with E-state index >= 15 is 0 Å². The minimum Gasteiger partial charge on any atom is -0.466 e. The summed E-state index contributed by atoms with van der Waals surface area (Å²) >= 11 is 0. The Morgan fingerprint density at radius 3 is 1.59 bits per heavy atom. The summed E-state index contributed by atoms with van der Waals surface area (Å²) in [7, 11) is 0. The van der Waals surface area contributed by atoms with Crippen molar-refractivity contribution in [3.05, 3.63) is 0 Å². The van der Waals surface area contributed by atoms with Gasteiger partial charge in [-0.1, -0.05) is 71.6 Å². The van der Waals surface area contributed by atoms with Crippen molar-refractivity contribution < 1.29 is 19.1 Å². The van der Waals surface area contributed by atoms with Crippen LogP contribution in [0.2, 0.25) is 0 Å². The van der Waals surface area contributed by atoms with Crippen molar-refractivity contribution in [2.45, 2.75) is 123 Å². The molecule has 0 aromatic rings. The van der Waals surface area contributed by atoms with Gasteiger partial charge in [0.25, 0.3) is 0 Å². The SMILES string of the molecule is CCC#CCCCCCCCCOC(=O)CCCC(=O)OCCCCCCCC. The summed E-state index contributed by atoms with van der Waals surface area (Å²) in [6.45, 7) is 5.27. The maximum atomic E-state index is 11.7. The van der Waals surface area contributed by atoms with Gasteiger partial charge in [-0.05, 0) is 25.7 Å². The van der Waals surface area contributed by atoms with Gasteiger partial charge < -0.3 is 9.47 Å². The van der Waals surface area contributed by atoms with E-state index in [1.165, 1.54) is 51.4 Å². The number of rotatable bonds is 19. The number of unbranched alkanes of at least 4 members (excludes halogenated alkanes) is 11. The number of hydrogen-bond donors (Lipinski definition) is 0. The predicted octanol–water partition coefficient (Wildman–Crippen LogP) is 6.75. The van der Waals surface area contributed by atoms with Crippen LogP contribution in [-0.4, -0.2) is 25.2 Å². The summed E-state index contributed by atoms with van der Waals surface area (Å²) < 4.78 is 10.4. The summed E-state index contributed by atoms with van der Waals surface area (Å²) in [5.41, 5.74) is 0. The zero-order valence-electron chi connectivity index (χ0n) is 19.1. The Bertz CT molecular complexity index is 447. The summed E-state index contributed by atoms with van der Waals surface area (Å²) in [6, 6.07) is 0. The molecule has 0 spiro atoms. The largest absolute Gasteiger partial charge is 0.466 e. The molecule has 0 aromatic carbocycles. The van der Waals surface area contributed by atoms with Crippen LogP contribution in [0.3, 0.4) is 0 Å². The van der Waals surface area contributed by atoms with E-state index in [1.54, 1.807) is 0 Å². The molecule has 29 heavy (non-hydrogen) atoms. The van der Waals surface area contributed by atoms with Gasteiger partial charge in [-0.25, -0.2) is 0 Å². The molecule has 0 rings (SSSR count). The molecule has 0 aliphatic carbocycles. The standard InChI is InChI=1S/C25H44O4/c1-3-5-7-9-11-12-13-14-16-18-23-29-25(27)21-19-20-24(26)28-22-17-15-10-8-6-4-2/h3-4,6,8-23H2,1-2H3. The number of carbonyl (C=O) groups is 2. The van der Waals surface area contributed by atoms with E-state index < -0.39 is 0 Å². The van der Waals surface area contributed by atoms with Gasteiger partial charge >= 0.3 is 11.9 Å². The highest BCUT2D eigenvalue weighted by Crippen LogP contribution is 2.08. The molecule has 0 aliphatic heterocycles. The predicted molar refractivity (Wildman–Crippen MR) is 120 cm³/mol. The molecule has 0 bridgehead atoms. The first-order valence-corrected chi connectivity index (χ1v) is 12.0. The van der Waals surface area contributed by atoms with Gasteiger partial charge in [0.2, 0.25) is 0 Å². The molecule has 0 N–H and O–H groups in total. The molecule has 0 saturated heterocycles. The molecule has 0 aromatic heterocycles. The van der Waals surface area contributed by atoms with Crippen molar-refractivity contribution in [3.63, 3.8) is 0 Å². The van der Waals surface area contributed by atoms with Crippen molar-refractivity contribution in [2.24, 2.45) is 0 Å². The third-order valence-electron chi connectivity index (χ3n) is 4.78. The Balaban J connectivity index is 3.33. The minimum atomic E-state index is -0.205. The third kappa shape index (κ3) is 22.7. The minimum absolute atomic E-state index is 0.202. The number of ether oxygens (including phenoxy) is 2. The lowest BCUT2D eigenvalue weighted by molar-refractivity contribution is -0.145. The Morgan fingerprint density at radius 2 is 1.07 bits per heavy atom. The van der Waals surface area contributed by atoms with E-state index in [0.717, 1.165) is 38.5 Å². The van der Waals surface area contributed by atoms with Crippen LogP contribution >= 0.6 is 0 Å². The normalized spacial score (nSPS) is 10.3. The second-order valence-electron chi connectivity index (χ2n) is 7.64. The Labute approximate surface area is 179 Å². The lowest BCUT2D eigenvalue weighted by Crippen LogP contribution is -2.09. The first kappa shape index (κ1) is 27.5. The van der Waals surface area contributed by atoms with E-state index in [9.17, 15) is 9.59 Å². The highest BCUT2D eigenvalue weighted by Gasteiger charge is 2.07. The molecular formula is C25H44O4. The van der Waals surface area contributed by atoms with E-state index in [4.69, 9.17) is 9.47 Å². The van der Waals surface area contributed by atoms with Gasteiger partial charge in [-0.3, -0.25) is 9.59 Å². The summed E-state index contributed by atoms with van der Waals surface area (Å²) in [5, 5.41) is 0. The fourth-order valence-corrected chi connectivity index (χ4v) is 3.01. The molecule has 0 unspecified atom stereocenters. The summed E-state index contributed by atoms with van der Waals surface area (Å²) in [6.07, 6.45) is 17.0. The molecular weight excluding hydrogens is 364 g/mol. The quantitative estimate of drug-likeness (QED) is 0.135. The van der Waals surface area contributed by atoms with Crippen LogP contribution < -0.4 is 0 Å². The van der Waals surface area contributed by atoms with Crippen LogP contribution in [0.4, 0.5) is 0 Å². The van der Waals surface area contributed by atoms with Crippen LogP contribution in [-0.2, 0) is 19.1 Å². The molecule has 0 heterocycles. The van der Waals surface area contributed by atoms with Crippen molar-refractivity contribution >= 4 is 11.9 Å². The van der Waals surface area contributed by atoms with E-state index in [-0.39, 0.29) is 11.9 Å². The molecule has 0 radical (unpaired) electrons. The second-order valence-corrected chi connectivity index (χ2v) is 7.64. The van der Waals surface area contributed by atoms with Crippen LogP contribution in [0.5, 0.6) is 0 Å². The van der Waals surface area contributed by atoms with Gasteiger partial charge in [0.1, 0.15) is 0 Å². The van der Waals surface area contributed by atoms with E-state index in [2.05, 4.69) is 25.7 Å². The van der Waals surface area contributed by atoms with Crippen LogP contribution in [0.1, 0.15) is 123 Å². The Hall–Kier alpha value is -1.50. The van der Waals surface area contributed by atoms with Gasteiger partial charge in [-0.15, -0.1) is 11.8 Å². The van der Waals surface area contributed by atoms with E-state index in [1.807, 2.05) is 0 Å².